The zero-order chi connectivity index (χ0) is 30.8. The van der Waals surface area contributed by atoms with Crippen molar-refractivity contribution in [3.05, 3.63) is 67.1 Å². The molecular formula is C28H34N6O8. The first kappa shape index (κ1) is 31.6. The smallest absolute Gasteiger partial charge is 0.303 e. The predicted octanol–water partition coefficient (Wildman–Crippen LogP) is 1.36. The van der Waals surface area contributed by atoms with Crippen molar-refractivity contribution in [1.29, 1.82) is 0 Å². The van der Waals surface area contributed by atoms with Crippen LogP contribution in [0.15, 0.2) is 34.4 Å². The van der Waals surface area contributed by atoms with Gasteiger partial charge in [-0.2, -0.15) is 10.2 Å². The molecule has 0 aliphatic carbocycles. The fourth-order valence-electron chi connectivity index (χ4n) is 4.35. The Labute approximate surface area is 239 Å². The zero-order valence-electron chi connectivity index (χ0n) is 23.5. The van der Waals surface area contributed by atoms with Gasteiger partial charge in [-0.3, -0.25) is 19.2 Å². The van der Waals surface area contributed by atoms with E-state index in [2.05, 4.69) is 34.0 Å². The number of aryl methyl sites for hydroxylation is 2. The summed E-state index contributed by atoms with van der Waals surface area (Å²) in [5.41, 5.74) is 1.32. The van der Waals surface area contributed by atoms with Crippen LogP contribution in [0.4, 0.5) is 0 Å². The molecule has 0 spiro atoms. The van der Waals surface area contributed by atoms with Crippen molar-refractivity contribution < 1.29 is 30.0 Å². The molecule has 4 aromatic rings. The number of aliphatic hydroxyl groups excluding tert-OH is 2. The van der Waals surface area contributed by atoms with E-state index in [-0.39, 0.29) is 69.8 Å². The molecule has 0 aliphatic rings. The number of carboxylic acid groups (broad SMARTS) is 2. The van der Waals surface area contributed by atoms with E-state index in [4.69, 9.17) is 10.2 Å². The molecule has 0 aromatic carbocycles. The lowest BCUT2D eigenvalue weighted by Gasteiger charge is -2.04. The molecule has 0 unspecified atom stereocenters. The third-order valence-electron chi connectivity index (χ3n) is 6.48. The molecule has 0 saturated heterocycles. The molecule has 14 nitrogen and oxygen atoms in total. The number of aromatic nitrogens is 6. The lowest BCUT2D eigenvalue weighted by Crippen LogP contribution is -2.31. The number of carbonyl (C=O) groups is 2. The number of hydrogen-bond acceptors (Lipinski definition) is 10. The summed E-state index contributed by atoms with van der Waals surface area (Å²) >= 11 is 0. The highest BCUT2D eigenvalue weighted by Gasteiger charge is 2.13. The first-order valence-corrected chi connectivity index (χ1v) is 13.7. The van der Waals surface area contributed by atoms with Gasteiger partial charge in [0.05, 0.1) is 12.8 Å². The number of aliphatic hydroxyl groups is 2. The number of nitrogens with zero attached hydrogens (tertiary/aromatic N) is 6. The van der Waals surface area contributed by atoms with Gasteiger partial charge in [-0.05, 0) is 25.7 Å². The molecule has 4 aromatic heterocycles. The topological polar surface area (TPSA) is 210 Å². The number of carboxylic acids is 2. The van der Waals surface area contributed by atoms with Crippen LogP contribution in [-0.2, 0) is 22.4 Å². The predicted molar refractivity (Wildman–Crippen MR) is 152 cm³/mol. The molecule has 0 bridgehead atoms. The Balaban J connectivity index is 0.000000230. The van der Waals surface area contributed by atoms with E-state index in [1.54, 1.807) is 0 Å². The van der Waals surface area contributed by atoms with Gasteiger partial charge in [0.1, 0.15) is 34.6 Å². The Morgan fingerprint density at radius 1 is 0.667 bits per heavy atom. The Bertz CT molecular complexity index is 1660. The van der Waals surface area contributed by atoms with Gasteiger partial charge < -0.3 is 20.4 Å². The van der Waals surface area contributed by atoms with E-state index >= 15 is 0 Å². The van der Waals surface area contributed by atoms with Gasteiger partial charge in [0.15, 0.2) is 22.2 Å². The summed E-state index contributed by atoms with van der Waals surface area (Å²) in [5, 5.41) is 45.6. The molecule has 14 heteroatoms. The summed E-state index contributed by atoms with van der Waals surface area (Å²) in [7, 11) is 0. The Morgan fingerprint density at radius 2 is 1.05 bits per heavy atom. The van der Waals surface area contributed by atoms with Gasteiger partial charge >= 0.3 is 11.9 Å². The largest absolute Gasteiger partial charge is 0.511 e. The second-order valence-electron chi connectivity index (χ2n) is 9.63. The minimum atomic E-state index is -1.04. The van der Waals surface area contributed by atoms with Gasteiger partial charge in [-0.15, -0.1) is 0 Å². The number of unbranched alkanes of at least 4 members (excludes halogenated alkanes) is 2. The molecule has 0 amide bonds. The van der Waals surface area contributed by atoms with Crippen LogP contribution in [0.1, 0.15) is 76.6 Å². The van der Waals surface area contributed by atoms with Crippen molar-refractivity contribution in [3.63, 3.8) is 0 Å². The average molecular weight is 583 g/mol. The van der Waals surface area contributed by atoms with Gasteiger partial charge in [0.25, 0.3) is 0 Å². The quantitative estimate of drug-likeness (QED) is 0.187. The van der Waals surface area contributed by atoms with Crippen LogP contribution in [-0.4, -0.2) is 61.6 Å². The van der Waals surface area contributed by atoms with E-state index in [1.165, 1.54) is 33.8 Å². The maximum absolute atomic E-state index is 12.2. The third-order valence-corrected chi connectivity index (χ3v) is 6.48. The normalized spacial score (nSPS) is 12.6. The van der Waals surface area contributed by atoms with Gasteiger partial charge in [-0.25, -0.2) is 19.0 Å². The van der Waals surface area contributed by atoms with Crippen molar-refractivity contribution in [3.8, 4) is 0 Å². The second kappa shape index (κ2) is 14.7. The minimum absolute atomic E-state index is 0.0361. The SMILES string of the molecule is CCCCc1cc(=O)c(=C(O)CCC(=O)O)c2ncnn12.CCCCc1cc(=O)c(=C(O)CCC(=O)O)c2ncnn12. The van der Waals surface area contributed by atoms with Crippen molar-refractivity contribution in [2.75, 3.05) is 0 Å². The zero-order valence-corrected chi connectivity index (χ0v) is 23.5. The molecule has 42 heavy (non-hydrogen) atoms. The van der Waals surface area contributed by atoms with Crippen molar-refractivity contribution in [2.45, 2.75) is 78.1 Å². The van der Waals surface area contributed by atoms with Crippen molar-refractivity contribution >= 4 is 34.8 Å². The summed E-state index contributed by atoms with van der Waals surface area (Å²) < 4.78 is 3.06. The molecule has 4 heterocycles. The maximum atomic E-state index is 12.2. The van der Waals surface area contributed by atoms with Crippen molar-refractivity contribution in [1.82, 2.24) is 29.2 Å². The van der Waals surface area contributed by atoms with Gasteiger partial charge in [-0.1, -0.05) is 26.7 Å². The van der Waals surface area contributed by atoms with Crippen LogP contribution in [0.2, 0.25) is 0 Å². The highest BCUT2D eigenvalue weighted by Crippen LogP contribution is 2.07. The number of hydrogen-bond donors (Lipinski definition) is 4. The number of rotatable bonds is 12. The number of pyridine rings is 2. The monoisotopic (exact) mass is 582 g/mol. The summed E-state index contributed by atoms with van der Waals surface area (Å²) in [6, 6.07) is 2.87. The Kier molecular flexibility index (Phi) is 11.0. The molecular weight excluding hydrogens is 548 g/mol. The van der Waals surface area contributed by atoms with E-state index < -0.39 is 11.9 Å². The molecule has 4 rings (SSSR count). The van der Waals surface area contributed by atoms with Gasteiger partial charge in [0, 0.05) is 36.4 Å². The van der Waals surface area contributed by atoms with Gasteiger partial charge in [0.2, 0.25) is 0 Å². The van der Waals surface area contributed by atoms with Crippen LogP contribution in [0.5, 0.6) is 0 Å². The van der Waals surface area contributed by atoms with E-state index in [9.17, 15) is 29.4 Å². The standard InChI is InChI=1S/2C14H17N3O4/c2*1-2-3-4-9-7-11(19)13(10(18)5-6-12(20)21)14-15-8-16-17(9)14/h2*7-8,18H,2-6H2,1H3,(H,20,21). The first-order valence-electron chi connectivity index (χ1n) is 13.7. The fraction of sp³-hybridized carbons (Fsp3) is 0.429. The van der Waals surface area contributed by atoms with E-state index in [1.807, 2.05) is 0 Å². The lowest BCUT2D eigenvalue weighted by atomic mass is 10.1. The highest BCUT2D eigenvalue weighted by atomic mass is 16.4. The van der Waals surface area contributed by atoms with Crippen LogP contribution < -0.4 is 21.3 Å². The van der Waals surface area contributed by atoms with Crippen LogP contribution in [0.25, 0.3) is 22.8 Å². The highest BCUT2D eigenvalue weighted by molar-refractivity contribution is 5.69. The van der Waals surface area contributed by atoms with Crippen LogP contribution in [0.3, 0.4) is 0 Å². The molecule has 224 valence electrons. The first-order chi connectivity index (χ1) is 20.1. The van der Waals surface area contributed by atoms with Crippen LogP contribution >= 0.6 is 0 Å². The van der Waals surface area contributed by atoms with E-state index in [0.717, 1.165) is 37.1 Å². The summed E-state index contributed by atoms with van der Waals surface area (Å²) in [4.78, 5) is 53.6. The average Bonchev–Trinajstić information content (AvgIpc) is 3.63. The molecule has 0 fully saturated rings. The van der Waals surface area contributed by atoms with Crippen molar-refractivity contribution in [2.24, 2.45) is 0 Å². The number of aliphatic carboxylic acids is 2. The molecule has 4 N–H and O–H groups in total. The number of fused-ring (bicyclic) bond motifs is 2. The Morgan fingerprint density at radius 3 is 1.38 bits per heavy atom. The minimum Gasteiger partial charge on any atom is -0.511 e. The fourth-order valence-corrected chi connectivity index (χ4v) is 4.35. The third kappa shape index (κ3) is 7.65. The summed E-state index contributed by atoms with van der Waals surface area (Å²) in [6.07, 6.45) is 7.13. The summed E-state index contributed by atoms with van der Waals surface area (Å²) in [6.45, 7) is 4.10. The summed E-state index contributed by atoms with van der Waals surface area (Å²) in [5.74, 6) is -2.60. The lowest BCUT2D eigenvalue weighted by molar-refractivity contribution is -0.137. The Hall–Kier alpha value is -4.88. The van der Waals surface area contributed by atoms with E-state index in [0.29, 0.717) is 12.8 Å². The molecule has 0 aliphatic heterocycles. The second-order valence-corrected chi connectivity index (χ2v) is 9.63. The van der Waals surface area contributed by atoms with Crippen LogP contribution in [0, 0.1) is 0 Å². The maximum Gasteiger partial charge on any atom is 0.303 e. The molecule has 0 saturated carbocycles. The molecule has 0 atom stereocenters. The molecule has 0 radical (unpaired) electrons.